The van der Waals surface area contributed by atoms with E-state index in [4.69, 9.17) is 4.74 Å². The molecule has 156 valence electrons. The van der Waals surface area contributed by atoms with Gasteiger partial charge < -0.3 is 9.84 Å². The highest BCUT2D eigenvalue weighted by molar-refractivity contribution is 5.88. The number of rotatable bonds is 6. The molecule has 1 aliphatic heterocycles. The number of carboxylic acid groups (broad SMARTS) is 1. The molecule has 30 heavy (non-hydrogen) atoms. The predicted molar refractivity (Wildman–Crippen MR) is 115 cm³/mol. The van der Waals surface area contributed by atoms with Gasteiger partial charge in [0.1, 0.15) is 18.7 Å². The molecule has 0 atom stereocenters. The molecule has 0 spiro atoms. The molecule has 4 rings (SSSR count). The predicted octanol–water partition coefficient (Wildman–Crippen LogP) is 3.26. The third-order valence-corrected chi connectivity index (χ3v) is 5.57. The molecule has 7 heteroatoms. The van der Waals surface area contributed by atoms with Crippen molar-refractivity contribution in [1.29, 1.82) is 0 Å². The van der Waals surface area contributed by atoms with Crippen LogP contribution in [0.5, 0.6) is 5.75 Å². The van der Waals surface area contributed by atoms with Crippen molar-refractivity contribution >= 4 is 16.9 Å². The Morgan fingerprint density at radius 2 is 1.93 bits per heavy atom. The number of hydrogen-bond acceptors (Lipinski definition) is 5. The zero-order valence-electron chi connectivity index (χ0n) is 17.0. The van der Waals surface area contributed by atoms with E-state index in [0.717, 1.165) is 25.2 Å². The largest absolute Gasteiger partial charge is 0.492 e. The highest BCUT2D eigenvalue weighted by Gasteiger charge is 2.13. The van der Waals surface area contributed by atoms with E-state index < -0.39 is 5.97 Å². The molecule has 0 aliphatic carbocycles. The molecule has 1 aliphatic rings. The normalized spacial score (nSPS) is 14.7. The summed E-state index contributed by atoms with van der Waals surface area (Å²) in [6, 6.07) is 10.0. The van der Waals surface area contributed by atoms with Gasteiger partial charge in [0, 0.05) is 6.54 Å². The van der Waals surface area contributed by atoms with Crippen LogP contribution in [0.2, 0.25) is 0 Å². The second kappa shape index (κ2) is 8.67. The average molecular weight is 407 g/mol. The minimum atomic E-state index is -1.04. The maximum Gasteiger partial charge on any atom is 0.335 e. The lowest BCUT2D eigenvalue weighted by molar-refractivity contribution is 0.0697. The van der Waals surface area contributed by atoms with Crippen molar-refractivity contribution in [2.24, 2.45) is 0 Å². The van der Waals surface area contributed by atoms with E-state index in [9.17, 15) is 14.7 Å². The highest BCUT2D eigenvalue weighted by Crippen LogP contribution is 2.20. The Balaban J connectivity index is 1.61. The van der Waals surface area contributed by atoms with Crippen LogP contribution in [0, 0.1) is 6.92 Å². The monoisotopic (exact) mass is 407 g/mol. The second-order valence-electron chi connectivity index (χ2n) is 7.66. The van der Waals surface area contributed by atoms with Crippen molar-refractivity contribution in [3.63, 3.8) is 0 Å². The Morgan fingerprint density at radius 1 is 1.13 bits per heavy atom. The number of carboxylic acids is 1. The van der Waals surface area contributed by atoms with Crippen LogP contribution in [0.3, 0.4) is 0 Å². The minimum absolute atomic E-state index is 0.123. The molecule has 1 saturated heterocycles. The van der Waals surface area contributed by atoms with Crippen LogP contribution in [-0.4, -0.2) is 51.8 Å². The van der Waals surface area contributed by atoms with Gasteiger partial charge in [-0.2, -0.15) is 0 Å². The zero-order valence-corrected chi connectivity index (χ0v) is 17.0. The molecule has 7 nitrogen and oxygen atoms in total. The molecule has 1 aromatic heterocycles. The van der Waals surface area contributed by atoms with Crippen molar-refractivity contribution in [2.45, 2.75) is 26.2 Å². The Morgan fingerprint density at radius 3 is 2.70 bits per heavy atom. The maximum absolute atomic E-state index is 13.1. The van der Waals surface area contributed by atoms with Crippen molar-refractivity contribution in [3.05, 3.63) is 64.2 Å². The Labute approximate surface area is 174 Å². The van der Waals surface area contributed by atoms with E-state index >= 15 is 0 Å². The highest BCUT2D eigenvalue weighted by atomic mass is 16.5. The van der Waals surface area contributed by atoms with Gasteiger partial charge >= 0.3 is 5.97 Å². The first-order chi connectivity index (χ1) is 14.5. The number of piperidine rings is 1. The minimum Gasteiger partial charge on any atom is -0.492 e. The lowest BCUT2D eigenvalue weighted by Gasteiger charge is -2.26. The van der Waals surface area contributed by atoms with E-state index in [1.54, 1.807) is 18.2 Å². The summed E-state index contributed by atoms with van der Waals surface area (Å²) in [4.78, 5) is 31.3. The van der Waals surface area contributed by atoms with Crippen molar-refractivity contribution in [3.8, 4) is 11.4 Å². The molecule has 0 saturated carbocycles. The number of aryl methyl sites for hydroxylation is 1. The summed E-state index contributed by atoms with van der Waals surface area (Å²) in [6.07, 6.45) is 5.22. The van der Waals surface area contributed by atoms with Crippen LogP contribution >= 0.6 is 0 Å². The number of aromatic carboxylic acids is 1. The van der Waals surface area contributed by atoms with Gasteiger partial charge in [0.05, 0.1) is 22.2 Å². The fourth-order valence-corrected chi connectivity index (χ4v) is 3.84. The molecule has 0 radical (unpaired) electrons. The van der Waals surface area contributed by atoms with Gasteiger partial charge in [0.25, 0.3) is 5.56 Å². The van der Waals surface area contributed by atoms with Crippen LogP contribution < -0.4 is 10.3 Å². The number of likely N-dealkylation sites (tertiary alicyclic amines) is 1. The molecular weight excluding hydrogens is 382 g/mol. The molecule has 3 aromatic rings. The summed E-state index contributed by atoms with van der Waals surface area (Å²) in [5, 5.41) is 9.72. The SMILES string of the molecule is Cc1ccc(C(=O)O)cc1-n1cnc2ccc(OCCN3CCCCC3)cc2c1=O. The smallest absolute Gasteiger partial charge is 0.335 e. The molecule has 2 heterocycles. The van der Waals surface area contributed by atoms with Gasteiger partial charge in [-0.3, -0.25) is 14.3 Å². The van der Waals surface area contributed by atoms with E-state index in [0.29, 0.717) is 28.9 Å². The van der Waals surface area contributed by atoms with Crippen LogP contribution in [-0.2, 0) is 0 Å². The summed E-state index contributed by atoms with van der Waals surface area (Å²) in [5.41, 5.74) is 1.74. The van der Waals surface area contributed by atoms with Gasteiger partial charge in [-0.25, -0.2) is 9.78 Å². The summed E-state index contributed by atoms with van der Waals surface area (Å²) >= 11 is 0. The summed E-state index contributed by atoms with van der Waals surface area (Å²) in [6.45, 7) is 5.50. The summed E-state index contributed by atoms with van der Waals surface area (Å²) in [5.74, 6) is -0.408. The van der Waals surface area contributed by atoms with Crippen LogP contribution in [0.1, 0.15) is 35.2 Å². The molecule has 2 aromatic carbocycles. The van der Waals surface area contributed by atoms with Gasteiger partial charge in [0.15, 0.2) is 0 Å². The molecule has 0 bridgehead atoms. The molecular formula is C23H25N3O4. The fourth-order valence-electron chi connectivity index (χ4n) is 3.84. The first kappa shape index (κ1) is 20.1. The van der Waals surface area contributed by atoms with Gasteiger partial charge in [-0.05, 0) is 68.8 Å². The number of aromatic nitrogens is 2. The third kappa shape index (κ3) is 4.21. The van der Waals surface area contributed by atoms with E-state index in [1.807, 2.05) is 13.0 Å². The number of benzene rings is 2. The molecule has 0 amide bonds. The Bertz CT molecular complexity index is 1130. The number of fused-ring (bicyclic) bond motifs is 1. The second-order valence-corrected chi connectivity index (χ2v) is 7.66. The maximum atomic E-state index is 13.1. The van der Waals surface area contributed by atoms with E-state index in [-0.39, 0.29) is 11.1 Å². The van der Waals surface area contributed by atoms with E-state index in [1.165, 1.54) is 42.3 Å². The number of hydrogen-bond donors (Lipinski definition) is 1. The van der Waals surface area contributed by atoms with Crippen LogP contribution in [0.4, 0.5) is 0 Å². The standard InChI is InChI=1S/C23H25N3O4/c1-16-5-6-17(23(28)29)13-21(16)26-15-24-20-8-7-18(14-19(20)22(26)27)30-12-11-25-9-3-2-4-10-25/h5-8,13-15H,2-4,9-12H2,1H3,(H,28,29). The fraction of sp³-hybridized carbons (Fsp3) is 0.348. The average Bonchev–Trinajstić information content (AvgIpc) is 2.75. The Hall–Kier alpha value is -3.19. The van der Waals surface area contributed by atoms with Crippen molar-refractivity contribution < 1.29 is 14.6 Å². The van der Waals surface area contributed by atoms with Gasteiger partial charge in [-0.15, -0.1) is 0 Å². The van der Waals surface area contributed by atoms with Gasteiger partial charge in [-0.1, -0.05) is 12.5 Å². The first-order valence-electron chi connectivity index (χ1n) is 10.2. The van der Waals surface area contributed by atoms with E-state index in [2.05, 4.69) is 9.88 Å². The number of nitrogens with zero attached hydrogens (tertiary/aromatic N) is 3. The number of carbonyl (C=O) groups is 1. The first-order valence-corrected chi connectivity index (χ1v) is 10.2. The number of ether oxygens (including phenoxy) is 1. The summed E-state index contributed by atoms with van der Waals surface area (Å²) < 4.78 is 7.29. The molecule has 1 N–H and O–H groups in total. The quantitative estimate of drug-likeness (QED) is 0.675. The lowest BCUT2D eigenvalue weighted by atomic mass is 10.1. The molecule has 0 unspecified atom stereocenters. The Kier molecular flexibility index (Phi) is 5.81. The topological polar surface area (TPSA) is 84.7 Å². The summed E-state index contributed by atoms with van der Waals surface area (Å²) in [7, 11) is 0. The van der Waals surface area contributed by atoms with Crippen LogP contribution in [0.25, 0.3) is 16.6 Å². The van der Waals surface area contributed by atoms with Crippen LogP contribution in [0.15, 0.2) is 47.5 Å². The van der Waals surface area contributed by atoms with Crippen molar-refractivity contribution in [1.82, 2.24) is 14.5 Å². The zero-order chi connectivity index (χ0) is 21.1. The molecule has 1 fully saturated rings. The third-order valence-electron chi connectivity index (χ3n) is 5.57. The van der Waals surface area contributed by atoms with Gasteiger partial charge in [0.2, 0.25) is 0 Å². The van der Waals surface area contributed by atoms with Crippen molar-refractivity contribution in [2.75, 3.05) is 26.2 Å². The lowest BCUT2D eigenvalue weighted by Crippen LogP contribution is -2.33.